The third kappa shape index (κ3) is 2.41. The highest BCUT2D eigenvalue weighted by Gasteiger charge is 2.19. The van der Waals surface area contributed by atoms with E-state index in [1.165, 1.54) is 29.1 Å². The van der Waals surface area contributed by atoms with Crippen molar-refractivity contribution in [1.29, 1.82) is 0 Å². The number of halogens is 1. The molecule has 3 N–H and O–H groups in total. The first-order valence-corrected chi connectivity index (χ1v) is 6.82. The van der Waals surface area contributed by atoms with Crippen molar-refractivity contribution in [2.24, 2.45) is 7.05 Å². The summed E-state index contributed by atoms with van der Waals surface area (Å²) in [5.74, 6) is 0. The number of aryl methyl sites for hydroxylation is 1. The van der Waals surface area contributed by atoms with Gasteiger partial charge in [0.25, 0.3) is 10.0 Å². The predicted molar refractivity (Wildman–Crippen MR) is 69.9 cm³/mol. The van der Waals surface area contributed by atoms with Gasteiger partial charge in [-0.05, 0) is 24.3 Å². The Morgan fingerprint density at radius 3 is 2.67 bits per heavy atom. The summed E-state index contributed by atoms with van der Waals surface area (Å²) >= 11 is 5.91. The van der Waals surface area contributed by atoms with Crippen molar-refractivity contribution in [1.82, 2.24) is 9.78 Å². The Balaban J connectivity index is 2.37. The molecular formula is C10H11ClN4O2S. The molecule has 0 aliphatic heterocycles. The second kappa shape index (κ2) is 4.51. The van der Waals surface area contributed by atoms with Crippen LogP contribution in [0.5, 0.6) is 0 Å². The SMILES string of the molecule is Cn1nccc1S(=O)(=O)Nc1ccc(N)cc1Cl. The summed E-state index contributed by atoms with van der Waals surface area (Å²) in [4.78, 5) is 0. The highest BCUT2D eigenvalue weighted by Crippen LogP contribution is 2.26. The lowest BCUT2D eigenvalue weighted by Crippen LogP contribution is -2.16. The Hall–Kier alpha value is -1.73. The molecule has 0 atom stereocenters. The van der Waals surface area contributed by atoms with E-state index in [1.54, 1.807) is 13.1 Å². The molecule has 6 nitrogen and oxygen atoms in total. The standard InChI is InChI=1S/C10H11ClN4O2S/c1-15-10(4-5-13-15)18(16,17)14-9-3-2-7(12)6-8(9)11/h2-6,14H,12H2,1H3. The summed E-state index contributed by atoms with van der Waals surface area (Å²) in [5.41, 5.74) is 6.27. The van der Waals surface area contributed by atoms with Gasteiger partial charge in [0.05, 0.1) is 16.9 Å². The Morgan fingerprint density at radius 1 is 1.39 bits per heavy atom. The van der Waals surface area contributed by atoms with Gasteiger partial charge < -0.3 is 5.73 Å². The Morgan fingerprint density at radius 2 is 2.11 bits per heavy atom. The van der Waals surface area contributed by atoms with Gasteiger partial charge in [-0.3, -0.25) is 9.40 Å². The summed E-state index contributed by atoms with van der Waals surface area (Å²) < 4.78 is 27.8. The fraction of sp³-hybridized carbons (Fsp3) is 0.100. The van der Waals surface area contributed by atoms with Gasteiger partial charge >= 0.3 is 0 Å². The van der Waals surface area contributed by atoms with Gasteiger partial charge in [0.2, 0.25) is 0 Å². The maximum absolute atomic E-state index is 12.1. The number of anilines is 2. The molecule has 1 aromatic heterocycles. The van der Waals surface area contributed by atoms with Gasteiger partial charge in [-0.25, -0.2) is 0 Å². The molecule has 0 fully saturated rings. The van der Waals surface area contributed by atoms with E-state index in [0.29, 0.717) is 5.69 Å². The van der Waals surface area contributed by atoms with Gasteiger partial charge in [0.1, 0.15) is 0 Å². The lowest BCUT2D eigenvalue weighted by atomic mass is 10.3. The van der Waals surface area contributed by atoms with E-state index >= 15 is 0 Å². The smallest absolute Gasteiger partial charge is 0.279 e. The number of aromatic nitrogens is 2. The van der Waals surface area contributed by atoms with Crippen LogP contribution in [0.3, 0.4) is 0 Å². The second-order valence-electron chi connectivity index (χ2n) is 3.64. The molecule has 0 amide bonds. The summed E-state index contributed by atoms with van der Waals surface area (Å²) in [7, 11) is -2.17. The molecule has 0 saturated carbocycles. The molecule has 2 rings (SSSR count). The molecule has 1 aromatic carbocycles. The average Bonchev–Trinajstić information content (AvgIpc) is 2.69. The van der Waals surface area contributed by atoms with Crippen LogP contribution < -0.4 is 10.5 Å². The Kier molecular flexibility index (Phi) is 3.18. The number of nitrogens with zero attached hydrogens (tertiary/aromatic N) is 2. The summed E-state index contributed by atoms with van der Waals surface area (Å²) in [5, 5.41) is 4.09. The van der Waals surface area contributed by atoms with Crippen LogP contribution in [0.2, 0.25) is 5.02 Å². The largest absolute Gasteiger partial charge is 0.399 e. The predicted octanol–water partition coefficient (Wildman–Crippen LogP) is 1.46. The first kappa shape index (κ1) is 12.7. The van der Waals surface area contributed by atoms with E-state index in [1.807, 2.05) is 0 Å². The highest BCUT2D eigenvalue weighted by molar-refractivity contribution is 7.92. The van der Waals surface area contributed by atoms with Crippen molar-refractivity contribution in [2.45, 2.75) is 5.03 Å². The average molecular weight is 287 g/mol. The molecule has 1 heterocycles. The van der Waals surface area contributed by atoms with E-state index in [2.05, 4.69) is 9.82 Å². The summed E-state index contributed by atoms with van der Waals surface area (Å²) in [6.07, 6.45) is 1.40. The number of nitrogens with one attached hydrogen (secondary N) is 1. The van der Waals surface area contributed by atoms with Crippen molar-refractivity contribution < 1.29 is 8.42 Å². The molecule has 8 heteroatoms. The van der Waals surface area contributed by atoms with Crippen LogP contribution >= 0.6 is 11.6 Å². The third-order valence-corrected chi connectivity index (χ3v) is 4.04. The lowest BCUT2D eigenvalue weighted by Gasteiger charge is -2.09. The quantitative estimate of drug-likeness (QED) is 0.836. The first-order chi connectivity index (χ1) is 8.40. The number of nitrogen functional groups attached to an aromatic ring is 1. The Bertz CT molecular complexity index is 681. The van der Waals surface area contributed by atoms with Gasteiger partial charge in [-0.15, -0.1) is 0 Å². The molecule has 0 aliphatic carbocycles. The fourth-order valence-corrected chi connectivity index (χ4v) is 2.94. The first-order valence-electron chi connectivity index (χ1n) is 4.96. The van der Waals surface area contributed by atoms with Gasteiger partial charge in [-0.2, -0.15) is 13.5 Å². The zero-order chi connectivity index (χ0) is 13.3. The van der Waals surface area contributed by atoms with Crippen LogP contribution in [0.1, 0.15) is 0 Å². The molecule has 0 saturated heterocycles. The maximum Gasteiger partial charge on any atom is 0.279 e. The topological polar surface area (TPSA) is 90.0 Å². The van der Waals surface area contributed by atoms with Crippen molar-refractivity contribution in [3.8, 4) is 0 Å². The molecular weight excluding hydrogens is 276 g/mol. The van der Waals surface area contributed by atoms with Crippen LogP contribution in [0.15, 0.2) is 35.5 Å². The molecule has 0 aliphatic rings. The molecule has 0 unspecified atom stereocenters. The number of hydrogen-bond acceptors (Lipinski definition) is 4. The molecule has 0 spiro atoms. The molecule has 0 radical (unpaired) electrons. The van der Waals surface area contributed by atoms with Crippen molar-refractivity contribution in [2.75, 3.05) is 10.5 Å². The minimum Gasteiger partial charge on any atom is -0.399 e. The zero-order valence-corrected chi connectivity index (χ0v) is 11.0. The fourth-order valence-electron chi connectivity index (χ4n) is 1.44. The summed E-state index contributed by atoms with van der Waals surface area (Å²) in [6.45, 7) is 0. The summed E-state index contributed by atoms with van der Waals surface area (Å²) in [6, 6.07) is 5.94. The van der Waals surface area contributed by atoms with Gasteiger partial charge in [0.15, 0.2) is 5.03 Å². The molecule has 96 valence electrons. The molecule has 18 heavy (non-hydrogen) atoms. The number of benzene rings is 1. The lowest BCUT2D eigenvalue weighted by molar-refractivity contribution is 0.582. The van der Waals surface area contributed by atoms with E-state index in [9.17, 15) is 8.42 Å². The van der Waals surface area contributed by atoms with Crippen LogP contribution in [0.25, 0.3) is 0 Å². The number of rotatable bonds is 3. The van der Waals surface area contributed by atoms with E-state index in [-0.39, 0.29) is 15.7 Å². The van der Waals surface area contributed by atoms with Crippen LogP contribution in [-0.4, -0.2) is 18.2 Å². The normalized spacial score (nSPS) is 11.4. The van der Waals surface area contributed by atoms with E-state index in [0.717, 1.165) is 0 Å². The van der Waals surface area contributed by atoms with Crippen molar-refractivity contribution in [3.05, 3.63) is 35.5 Å². The minimum atomic E-state index is -3.71. The Labute approximate surface area is 109 Å². The molecule has 0 bridgehead atoms. The molecule has 2 aromatic rings. The highest BCUT2D eigenvalue weighted by atomic mass is 35.5. The minimum absolute atomic E-state index is 0.0513. The number of nitrogens with two attached hydrogens (primary N) is 1. The second-order valence-corrected chi connectivity index (χ2v) is 5.67. The van der Waals surface area contributed by atoms with Crippen LogP contribution in [0, 0.1) is 0 Å². The van der Waals surface area contributed by atoms with E-state index < -0.39 is 10.0 Å². The third-order valence-electron chi connectivity index (χ3n) is 2.29. The number of sulfonamides is 1. The zero-order valence-electron chi connectivity index (χ0n) is 9.46. The van der Waals surface area contributed by atoms with Gasteiger partial charge in [-0.1, -0.05) is 11.6 Å². The van der Waals surface area contributed by atoms with Gasteiger partial charge in [0, 0.05) is 12.7 Å². The van der Waals surface area contributed by atoms with E-state index in [4.69, 9.17) is 17.3 Å². The number of hydrogen-bond donors (Lipinski definition) is 2. The van der Waals surface area contributed by atoms with Crippen molar-refractivity contribution in [3.63, 3.8) is 0 Å². The van der Waals surface area contributed by atoms with Crippen molar-refractivity contribution >= 4 is 33.0 Å². The maximum atomic E-state index is 12.1. The monoisotopic (exact) mass is 286 g/mol. The van der Waals surface area contributed by atoms with Crippen LogP contribution in [-0.2, 0) is 17.1 Å². The van der Waals surface area contributed by atoms with Crippen LogP contribution in [0.4, 0.5) is 11.4 Å².